The van der Waals surface area contributed by atoms with Crippen LogP contribution in [-0.2, 0) is 11.3 Å². The highest BCUT2D eigenvalue weighted by Gasteiger charge is 2.02. The number of benzene rings is 1. The molecule has 4 heteroatoms. The van der Waals surface area contributed by atoms with Gasteiger partial charge in [-0.2, -0.15) is 0 Å². The Morgan fingerprint density at radius 3 is 2.87 bits per heavy atom. The number of methoxy groups -OCH3 is 1. The van der Waals surface area contributed by atoms with Crippen LogP contribution in [0.5, 0.6) is 0 Å². The summed E-state index contributed by atoms with van der Waals surface area (Å²) in [6.45, 7) is 3.63. The van der Waals surface area contributed by atoms with Gasteiger partial charge in [-0.15, -0.1) is 0 Å². The maximum absolute atomic E-state index is 5.91. The van der Waals surface area contributed by atoms with Crippen molar-refractivity contribution in [1.82, 2.24) is 5.32 Å². The SMILES string of the molecule is COCC(C)NCc1ccc(Cl)c(Br)c1. The molecule has 0 spiro atoms. The molecular weight excluding hydrogens is 277 g/mol. The van der Waals surface area contributed by atoms with Crippen molar-refractivity contribution in [2.75, 3.05) is 13.7 Å². The van der Waals surface area contributed by atoms with Crippen LogP contribution in [0.2, 0.25) is 5.02 Å². The lowest BCUT2D eigenvalue weighted by Crippen LogP contribution is -2.29. The first-order chi connectivity index (χ1) is 7.13. The molecule has 1 unspecified atom stereocenters. The zero-order valence-electron chi connectivity index (χ0n) is 8.89. The zero-order valence-corrected chi connectivity index (χ0v) is 11.2. The van der Waals surface area contributed by atoms with Crippen LogP contribution in [0.4, 0.5) is 0 Å². The first-order valence-corrected chi connectivity index (χ1v) is 5.97. The largest absolute Gasteiger partial charge is 0.383 e. The van der Waals surface area contributed by atoms with Crippen molar-refractivity contribution in [3.63, 3.8) is 0 Å². The molecule has 84 valence electrons. The summed E-state index contributed by atoms with van der Waals surface area (Å²) in [5.41, 5.74) is 1.20. The molecule has 0 amide bonds. The van der Waals surface area contributed by atoms with Crippen molar-refractivity contribution in [1.29, 1.82) is 0 Å². The van der Waals surface area contributed by atoms with Gasteiger partial charge in [0, 0.05) is 24.2 Å². The molecular formula is C11H15BrClNO. The number of ether oxygens (including phenoxy) is 1. The highest BCUT2D eigenvalue weighted by molar-refractivity contribution is 9.10. The van der Waals surface area contributed by atoms with Gasteiger partial charge in [0.15, 0.2) is 0 Å². The van der Waals surface area contributed by atoms with E-state index in [-0.39, 0.29) is 0 Å². The van der Waals surface area contributed by atoms with E-state index in [0.717, 1.165) is 22.6 Å². The molecule has 2 nitrogen and oxygen atoms in total. The van der Waals surface area contributed by atoms with Gasteiger partial charge < -0.3 is 10.1 Å². The molecule has 0 aromatic heterocycles. The highest BCUT2D eigenvalue weighted by Crippen LogP contribution is 2.23. The van der Waals surface area contributed by atoms with Gasteiger partial charge in [-0.1, -0.05) is 17.7 Å². The third-order valence-corrected chi connectivity index (χ3v) is 3.27. The van der Waals surface area contributed by atoms with Crippen LogP contribution in [-0.4, -0.2) is 19.8 Å². The molecule has 1 rings (SSSR count). The van der Waals surface area contributed by atoms with E-state index in [1.807, 2.05) is 18.2 Å². The van der Waals surface area contributed by atoms with E-state index in [9.17, 15) is 0 Å². The lowest BCUT2D eigenvalue weighted by atomic mass is 10.2. The van der Waals surface area contributed by atoms with E-state index in [1.54, 1.807) is 7.11 Å². The summed E-state index contributed by atoms with van der Waals surface area (Å²) in [5, 5.41) is 4.10. The fraction of sp³-hybridized carbons (Fsp3) is 0.455. The molecule has 0 radical (unpaired) electrons. The van der Waals surface area contributed by atoms with E-state index in [2.05, 4.69) is 28.2 Å². The number of hydrogen-bond donors (Lipinski definition) is 1. The van der Waals surface area contributed by atoms with Crippen molar-refractivity contribution >= 4 is 27.5 Å². The Hall–Kier alpha value is -0.0900. The summed E-state index contributed by atoms with van der Waals surface area (Å²) >= 11 is 9.31. The van der Waals surface area contributed by atoms with Crippen LogP contribution in [0.25, 0.3) is 0 Å². The van der Waals surface area contributed by atoms with Crippen LogP contribution < -0.4 is 5.32 Å². The molecule has 0 heterocycles. The van der Waals surface area contributed by atoms with E-state index < -0.39 is 0 Å². The Morgan fingerprint density at radius 1 is 1.53 bits per heavy atom. The van der Waals surface area contributed by atoms with Gasteiger partial charge in [0.05, 0.1) is 11.6 Å². The van der Waals surface area contributed by atoms with E-state index in [1.165, 1.54) is 5.56 Å². The Balaban J connectivity index is 2.47. The van der Waals surface area contributed by atoms with Crippen molar-refractivity contribution < 1.29 is 4.74 Å². The summed E-state index contributed by atoms with van der Waals surface area (Å²) in [4.78, 5) is 0. The van der Waals surface area contributed by atoms with Gasteiger partial charge in [-0.3, -0.25) is 0 Å². The normalized spacial score (nSPS) is 12.8. The molecule has 0 bridgehead atoms. The van der Waals surface area contributed by atoms with Gasteiger partial charge in [-0.05, 0) is 40.5 Å². The number of rotatable bonds is 5. The third kappa shape index (κ3) is 4.51. The van der Waals surface area contributed by atoms with E-state index in [0.29, 0.717) is 6.04 Å². The summed E-state index contributed by atoms with van der Waals surface area (Å²) in [5.74, 6) is 0. The van der Waals surface area contributed by atoms with Gasteiger partial charge in [0.25, 0.3) is 0 Å². The van der Waals surface area contributed by atoms with Crippen molar-refractivity contribution in [3.05, 3.63) is 33.3 Å². The van der Waals surface area contributed by atoms with Crippen molar-refractivity contribution in [2.24, 2.45) is 0 Å². The second kappa shape index (κ2) is 6.48. The average Bonchev–Trinajstić information content (AvgIpc) is 2.20. The van der Waals surface area contributed by atoms with Crippen molar-refractivity contribution in [2.45, 2.75) is 19.5 Å². The smallest absolute Gasteiger partial charge is 0.0613 e. The number of hydrogen-bond acceptors (Lipinski definition) is 2. The van der Waals surface area contributed by atoms with Crippen LogP contribution in [0.15, 0.2) is 22.7 Å². The quantitative estimate of drug-likeness (QED) is 0.900. The Bertz CT molecular complexity index is 319. The second-order valence-electron chi connectivity index (χ2n) is 3.49. The number of halogens is 2. The highest BCUT2D eigenvalue weighted by atomic mass is 79.9. The van der Waals surface area contributed by atoms with E-state index >= 15 is 0 Å². The molecule has 1 atom stereocenters. The Morgan fingerprint density at radius 2 is 2.27 bits per heavy atom. The topological polar surface area (TPSA) is 21.3 Å². The van der Waals surface area contributed by atoms with Crippen LogP contribution in [0.3, 0.4) is 0 Å². The van der Waals surface area contributed by atoms with Crippen LogP contribution in [0, 0.1) is 0 Å². The van der Waals surface area contributed by atoms with Gasteiger partial charge >= 0.3 is 0 Å². The van der Waals surface area contributed by atoms with Gasteiger partial charge in [0.1, 0.15) is 0 Å². The molecule has 0 aliphatic rings. The van der Waals surface area contributed by atoms with Crippen LogP contribution >= 0.6 is 27.5 Å². The van der Waals surface area contributed by atoms with Gasteiger partial charge in [-0.25, -0.2) is 0 Å². The second-order valence-corrected chi connectivity index (χ2v) is 4.75. The molecule has 0 aliphatic heterocycles. The first-order valence-electron chi connectivity index (χ1n) is 4.79. The minimum atomic E-state index is 0.351. The van der Waals surface area contributed by atoms with Crippen molar-refractivity contribution in [3.8, 4) is 0 Å². The number of nitrogens with one attached hydrogen (secondary N) is 1. The molecule has 0 aliphatic carbocycles. The summed E-state index contributed by atoms with van der Waals surface area (Å²) in [6, 6.07) is 6.28. The predicted molar refractivity (Wildman–Crippen MR) is 67.3 cm³/mol. The first kappa shape index (κ1) is 13.0. The van der Waals surface area contributed by atoms with Crippen LogP contribution in [0.1, 0.15) is 12.5 Å². The molecule has 1 N–H and O–H groups in total. The summed E-state index contributed by atoms with van der Waals surface area (Å²) in [6.07, 6.45) is 0. The molecule has 0 saturated heterocycles. The maximum atomic E-state index is 5.91. The average molecular weight is 293 g/mol. The maximum Gasteiger partial charge on any atom is 0.0613 e. The third-order valence-electron chi connectivity index (χ3n) is 2.06. The molecule has 15 heavy (non-hydrogen) atoms. The summed E-state index contributed by atoms with van der Waals surface area (Å²) < 4.78 is 5.98. The molecule has 0 saturated carbocycles. The van der Waals surface area contributed by atoms with E-state index in [4.69, 9.17) is 16.3 Å². The Kier molecular flexibility index (Phi) is 5.61. The molecule has 1 aromatic carbocycles. The Labute approximate surface area is 104 Å². The lowest BCUT2D eigenvalue weighted by molar-refractivity contribution is 0.171. The predicted octanol–water partition coefficient (Wildman–Crippen LogP) is 3.23. The fourth-order valence-electron chi connectivity index (χ4n) is 1.25. The minimum absolute atomic E-state index is 0.351. The van der Waals surface area contributed by atoms with Gasteiger partial charge in [0.2, 0.25) is 0 Å². The lowest BCUT2D eigenvalue weighted by Gasteiger charge is -2.12. The zero-order chi connectivity index (χ0) is 11.3. The monoisotopic (exact) mass is 291 g/mol. The minimum Gasteiger partial charge on any atom is -0.383 e. The standard InChI is InChI=1S/C11H15BrClNO/c1-8(7-15-2)14-6-9-3-4-11(13)10(12)5-9/h3-5,8,14H,6-7H2,1-2H3. The fourth-order valence-corrected chi connectivity index (χ4v) is 1.79. The molecule has 1 aromatic rings. The molecule has 0 fully saturated rings. The summed E-state index contributed by atoms with van der Waals surface area (Å²) in [7, 11) is 1.71.